The Labute approximate surface area is 174 Å². The summed E-state index contributed by atoms with van der Waals surface area (Å²) in [5.74, 6) is -0.674. The average Bonchev–Trinajstić information content (AvgIpc) is 2.75. The SMILES string of the molecule is O=C(Nc1ccccc1Cl)[C@H]1CCCN(S(=O)(=O)c2cccc3cccnc23)C1. The lowest BCUT2D eigenvalue weighted by molar-refractivity contribution is -0.120. The molecule has 0 saturated carbocycles. The van der Waals surface area contributed by atoms with Crippen molar-refractivity contribution in [2.45, 2.75) is 17.7 Å². The lowest BCUT2D eigenvalue weighted by Crippen LogP contribution is -2.43. The van der Waals surface area contributed by atoms with E-state index in [0.717, 1.165) is 5.39 Å². The molecule has 4 rings (SSSR count). The number of pyridine rings is 1. The lowest BCUT2D eigenvalue weighted by atomic mass is 9.99. The van der Waals surface area contributed by atoms with Crippen LogP contribution in [-0.2, 0) is 14.8 Å². The first-order valence-corrected chi connectivity index (χ1v) is 11.2. The van der Waals surface area contributed by atoms with Crippen molar-refractivity contribution in [1.82, 2.24) is 9.29 Å². The second kappa shape index (κ2) is 8.10. The van der Waals surface area contributed by atoms with Crippen molar-refractivity contribution in [3.8, 4) is 0 Å². The molecule has 0 radical (unpaired) electrons. The molecule has 0 spiro atoms. The molecule has 3 aromatic rings. The number of hydrogen-bond acceptors (Lipinski definition) is 4. The van der Waals surface area contributed by atoms with Crippen molar-refractivity contribution in [2.24, 2.45) is 5.92 Å². The van der Waals surface area contributed by atoms with E-state index in [4.69, 9.17) is 11.6 Å². The van der Waals surface area contributed by atoms with Crippen molar-refractivity contribution in [2.75, 3.05) is 18.4 Å². The van der Waals surface area contributed by atoms with Gasteiger partial charge in [-0.05, 0) is 37.1 Å². The van der Waals surface area contributed by atoms with Gasteiger partial charge in [-0.15, -0.1) is 0 Å². The summed E-state index contributed by atoms with van der Waals surface area (Å²) in [7, 11) is -3.77. The number of anilines is 1. The van der Waals surface area contributed by atoms with Crippen LogP contribution in [0.2, 0.25) is 5.02 Å². The fourth-order valence-electron chi connectivity index (χ4n) is 3.60. The summed E-state index contributed by atoms with van der Waals surface area (Å²) in [4.78, 5) is 17.2. The number of nitrogens with zero attached hydrogens (tertiary/aromatic N) is 2. The van der Waals surface area contributed by atoms with Crippen LogP contribution in [0, 0.1) is 5.92 Å². The number of amides is 1. The highest BCUT2D eigenvalue weighted by Crippen LogP contribution is 2.29. The molecule has 6 nitrogen and oxygen atoms in total. The molecular formula is C21H20ClN3O3S. The highest BCUT2D eigenvalue weighted by atomic mass is 35.5. The number of fused-ring (bicyclic) bond motifs is 1. The maximum absolute atomic E-state index is 13.3. The third kappa shape index (κ3) is 3.99. The zero-order valence-electron chi connectivity index (χ0n) is 15.6. The van der Waals surface area contributed by atoms with Crippen molar-refractivity contribution < 1.29 is 13.2 Å². The van der Waals surface area contributed by atoms with Crippen LogP contribution in [0.1, 0.15) is 12.8 Å². The molecule has 1 amide bonds. The van der Waals surface area contributed by atoms with Gasteiger partial charge in [0.25, 0.3) is 0 Å². The molecule has 0 bridgehead atoms. The van der Waals surface area contributed by atoms with Gasteiger partial charge in [-0.2, -0.15) is 4.31 Å². The quantitative estimate of drug-likeness (QED) is 0.681. The molecule has 0 aliphatic carbocycles. The molecule has 0 unspecified atom stereocenters. The molecule has 29 heavy (non-hydrogen) atoms. The van der Waals surface area contributed by atoms with Gasteiger partial charge in [0.05, 0.1) is 22.1 Å². The highest BCUT2D eigenvalue weighted by Gasteiger charge is 2.34. The standard InChI is InChI=1S/C21H20ClN3O3S/c22-17-9-1-2-10-18(17)24-21(26)16-8-5-13-25(14-16)29(27,28)19-11-3-6-15-7-4-12-23-20(15)19/h1-4,6-7,9-12,16H,5,8,13-14H2,(H,24,26)/t16-/m0/s1. The summed E-state index contributed by atoms with van der Waals surface area (Å²) in [6.07, 6.45) is 2.81. The van der Waals surface area contributed by atoms with Gasteiger partial charge in [0.1, 0.15) is 4.90 Å². The Morgan fingerprint density at radius 2 is 1.90 bits per heavy atom. The first kappa shape index (κ1) is 19.8. The van der Waals surface area contributed by atoms with E-state index in [1.54, 1.807) is 48.7 Å². The number of para-hydroxylation sites is 2. The van der Waals surface area contributed by atoms with Gasteiger partial charge >= 0.3 is 0 Å². The molecule has 1 saturated heterocycles. The summed E-state index contributed by atoms with van der Waals surface area (Å²) in [5, 5.41) is 4.03. The summed E-state index contributed by atoms with van der Waals surface area (Å²) < 4.78 is 28.0. The van der Waals surface area contributed by atoms with Crippen LogP contribution in [0.3, 0.4) is 0 Å². The Morgan fingerprint density at radius 1 is 1.10 bits per heavy atom. The molecule has 2 heterocycles. The predicted molar refractivity (Wildman–Crippen MR) is 113 cm³/mol. The van der Waals surface area contributed by atoms with Gasteiger partial charge in [-0.3, -0.25) is 9.78 Å². The minimum Gasteiger partial charge on any atom is -0.324 e. The molecule has 1 aromatic heterocycles. The molecule has 8 heteroatoms. The molecule has 1 aliphatic rings. The minimum atomic E-state index is -3.77. The smallest absolute Gasteiger partial charge is 0.245 e. The van der Waals surface area contributed by atoms with E-state index in [2.05, 4.69) is 10.3 Å². The molecule has 1 N–H and O–H groups in total. The van der Waals surface area contributed by atoms with E-state index in [9.17, 15) is 13.2 Å². The number of hydrogen-bond donors (Lipinski definition) is 1. The number of piperidine rings is 1. The highest BCUT2D eigenvalue weighted by molar-refractivity contribution is 7.89. The van der Waals surface area contributed by atoms with Crippen molar-refractivity contribution in [3.63, 3.8) is 0 Å². The number of aromatic nitrogens is 1. The van der Waals surface area contributed by atoms with E-state index in [1.165, 1.54) is 4.31 Å². The van der Waals surface area contributed by atoms with Crippen molar-refractivity contribution >= 4 is 44.1 Å². The number of nitrogens with one attached hydrogen (secondary N) is 1. The lowest BCUT2D eigenvalue weighted by Gasteiger charge is -2.31. The largest absolute Gasteiger partial charge is 0.324 e. The fraction of sp³-hybridized carbons (Fsp3) is 0.238. The van der Waals surface area contributed by atoms with Gasteiger partial charge < -0.3 is 5.32 Å². The topological polar surface area (TPSA) is 79.4 Å². The number of sulfonamides is 1. The number of carbonyl (C=O) groups is 1. The number of rotatable bonds is 4. The fourth-order valence-corrected chi connectivity index (χ4v) is 5.47. The Morgan fingerprint density at radius 3 is 2.72 bits per heavy atom. The predicted octanol–water partition coefficient (Wildman–Crippen LogP) is 3.93. The van der Waals surface area contributed by atoms with Gasteiger partial charge in [0, 0.05) is 24.7 Å². The number of halogens is 1. The van der Waals surface area contributed by atoms with E-state index >= 15 is 0 Å². The third-order valence-electron chi connectivity index (χ3n) is 5.10. The average molecular weight is 430 g/mol. The maximum atomic E-state index is 13.3. The Bertz CT molecular complexity index is 1160. The maximum Gasteiger partial charge on any atom is 0.245 e. The summed E-state index contributed by atoms with van der Waals surface area (Å²) >= 11 is 6.12. The van der Waals surface area contributed by atoms with Crippen LogP contribution in [-0.4, -0.2) is 36.7 Å². The Balaban J connectivity index is 1.57. The summed E-state index contributed by atoms with van der Waals surface area (Å²) in [6.45, 7) is 0.503. The molecular weight excluding hydrogens is 410 g/mol. The minimum absolute atomic E-state index is 0.127. The van der Waals surface area contributed by atoms with Gasteiger partial charge in [-0.25, -0.2) is 8.42 Å². The van der Waals surface area contributed by atoms with Crippen molar-refractivity contribution in [1.29, 1.82) is 0 Å². The second-order valence-corrected chi connectivity index (χ2v) is 9.32. The van der Waals surface area contributed by atoms with Crippen LogP contribution >= 0.6 is 11.6 Å². The van der Waals surface area contributed by atoms with Crippen LogP contribution in [0.5, 0.6) is 0 Å². The van der Waals surface area contributed by atoms with E-state index < -0.39 is 15.9 Å². The monoisotopic (exact) mass is 429 g/mol. The molecule has 1 aliphatic heterocycles. The summed E-state index contributed by atoms with van der Waals surface area (Å²) in [5.41, 5.74) is 0.968. The molecule has 1 atom stereocenters. The van der Waals surface area contributed by atoms with E-state index in [-0.39, 0.29) is 17.3 Å². The second-order valence-electron chi connectivity index (χ2n) is 7.00. The summed E-state index contributed by atoms with van der Waals surface area (Å²) in [6, 6.07) is 15.7. The first-order valence-electron chi connectivity index (χ1n) is 9.36. The van der Waals surface area contributed by atoms with E-state index in [0.29, 0.717) is 35.6 Å². The third-order valence-corrected chi connectivity index (χ3v) is 7.33. The molecule has 150 valence electrons. The van der Waals surface area contributed by atoms with Crippen LogP contribution in [0.4, 0.5) is 5.69 Å². The van der Waals surface area contributed by atoms with Gasteiger partial charge in [-0.1, -0.05) is 41.9 Å². The zero-order valence-corrected chi connectivity index (χ0v) is 17.2. The Kier molecular flexibility index (Phi) is 5.54. The van der Waals surface area contributed by atoms with Crippen LogP contribution in [0.25, 0.3) is 10.9 Å². The van der Waals surface area contributed by atoms with Gasteiger partial charge in [0.15, 0.2) is 0 Å². The number of benzene rings is 2. The normalized spacial score (nSPS) is 17.9. The number of carbonyl (C=O) groups excluding carboxylic acids is 1. The van der Waals surface area contributed by atoms with Crippen LogP contribution < -0.4 is 5.32 Å². The van der Waals surface area contributed by atoms with Crippen LogP contribution in [0.15, 0.2) is 65.7 Å². The Hall–Kier alpha value is -2.48. The molecule has 2 aromatic carbocycles. The van der Waals surface area contributed by atoms with Crippen molar-refractivity contribution in [3.05, 3.63) is 65.8 Å². The van der Waals surface area contributed by atoms with Gasteiger partial charge in [0.2, 0.25) is 15.9 Å². The zero-order chi connectivity index (χ0) is 20.4. The molecule has 1 fully saturated rings. The first-order chi connectivity index (χ1) is 14.0. The van der Waals surface area contributed by atoms with E-state index in [1.807, 2.05) is 12.1 Å².